The number of nitrogens with zero attached hydrogens (tertiary/aromatic N) is 3. The molecule has 1 fully saturated rings. The number of aryl methyl sites for hydroxylation is 1. The van der Waals surface area contributed by atoms with Gasteiger partial charge in [-0.3, -0.25) is 9.78 Å². The molecule has 3 heterocycles. The Kier molecular flexibility index (Phi) is 3.05. The molecule has 0 spiro atoms. The van der Waals surface area contributed by atoms with E-state index in [4.69, 9.17) is 0 Å². The first-order valence-corrected chi connectivity index (χ1v) is 6.98. The Morgan fingerprint density at radius 2 is 2.21 bits per heavy atom. The number of amides is 1. The number of carbonyl (C=O) groups is 1. The second-order valence-corrected chi connectivity index (χ2v) is 5.95. The third-order valence-corrected chi connectivity index (χ3v) is 4.48. The van der Waals surface area contributed by atoms with Crippen molar-refractivity contribution in [1.82, 2.24) is 14.8 Å². The number of carbonyl (C=O) groups excluding carboxylic acids is 1. The lowest BCUT2D eigenvalue weighted by Crippen LogP contribution is -2.46. The molecule has 2 aliphatic rings. The van der Waals surface area contributed by atoms with Crippen LogP contribution in [0.25, 0.3) is 0 Å². The minimum Gasteiger partial charge on any atom is -0.332 e. The average molecular weight is 259 g/mol. The zero-order chi connectivity index (χ0) is 13.6. The summed E-state index contributed by atoms with van der Waals surface area (Å²) in [4.78, 5) is 21.0. The van der Waals surface area contributed by atoms with Crippen LogP contribution in [0, 0.1) is 12.8 Å². The van der Waals surface area contributed by atoms with Gasteiger partial charge in [0.15, 0.2) is 0 Å². The molecule has 4 nitrogen and oxygen atoms in total. The number of rotatable bonds is 2. The van der Waals surface area contributed by atoms with Crippen LogP contribution in [0.2, 0.25) is 0 Å². The molecule has 1 aromatic rings. The maximum atomic E-state index is 12.4. The summed E-state index contributed by atoms with van der Waals surface area (Å²) in [7, 11) is 2.10. The Labute approximate surface area is 114 Å². The van der Waals surface area contributed by atoms with Crippen molar-refractivity contribution in [3.05, 3.63) is 29.1 Å². The maximum absolute atomic E-state index is 12.4. The Bertz CT molecular complexity index is 508. The van der Waals surface area contributed by atoms with E-state index in [9.17, 15) is 4.79 Å². The topological polar surface area (TPSA) is 36.4 Å². The van der Waals surface area contributed by atoms with Gasteiger partial charge in [0.2, 0.25) is 5.91 Å². The number of fused-ring (bicyclic) bond motifs is 1. The second kappa shape index (κ2) is 4.60. The monoisotopic (exact) mass is 259 g/mol. The molecule has 1 unspecified atom stereocenters. The van der Waals surface area contributed by atoms with Crippen LogP contribution in [0.3, 0.4) is 0 Å². The lowest BCUT2D eigenvalue weighted by Gasteiger charge is -2.37. The molecule has 0 aromatic carbocycles. The Balaban J connectivity index is 1.71. The predicted octanol–water partition coefficient (Wildman–Crippen LogP) is 1.74. The molecule has 0 radical (unpaired) electrons. The summed E-state index contributed by atoms with van der Waals surface area (Å²) in [5, 5.41) is 0. The number of hydrogen-bond donors (Lipinski definition) is 0. The van der Waals surface area contributed by atoms with Gasteiger partial charge in [0.1, 0.15) is 0 Å². The third-order valence-electron chi connectivity index (χ3n) is 4.48. The summed E-state index contributed by atoms with van der Waals surface area (Å²) in [6, 6.07) is 2.25. The minimum atomic E-state index is 0.196. The summed E-state index contributed by atoms with van der Waals surface area (Å²) >= 11 is 0. The van der Waals surface area contributed by atoms with E-state index in [1.165, 1.54) is 11.1 Å². The lowest BCUT2D eigenvalue weighted by molar-refractivity contribution is -0.135. The van der Waals surface area contributed by atoms with Gasteiger partial charge in [0.25, 0.3) is 0 Å². The van der Waals surface area contributed by atoms with Crippen LogP contribution in [0.4, 0.5) is 0 Å². The van der Waals surface area contributed by atoms with Gasteiger partial charge in [-0.15, -0.1) is 0 Å². The largest absolute Gasteiger partial charge is 0.332 e. The summed E-state index contributed by atoms with van der Waals surface area (Å²) in [6.45, 7) is 7.00. The van der Waals surface area contributed by atoms with E-state index in [2.05, 4.69) is 29.9 Å². The number of likely N-dealkylation sites (tertiary alicyclic amines) is 1. The van der Waals surface area contributed by atoms with E-state index in [1.807, 2.05) is 18.0 Å². The van der Waals surface area contributed by atoms with Crippen LogP contribution in [0.15, 0.2) is 12.3 Å². The standard InChI is InChI=1S/C15H21N3O/c1-10-14-9-18(11(2)13(14)4-5-16-10)15(19)6-12-7-17(3)8-12/h4-5,11-12H,6-9H2,1-3H3. The van der Waals surface area contributed by atoms with Gasteiger partial charge in [-0.2, -0.15) is 0 Å². The fourth-order valence-corrected chi connectivity index (χ4v) is 3.31. The Morgan fingerprint density at radius 3 is 2.84 bits per heavy atom. The van der Waals surface area contributed by atoms with Gasteiger partial charge in [-0.05, 0) is 44.0 Å². The molecule has 1 saturated heterocycles. The first kappa shape index (κ1) is 12.6. The molecule has 102 valence electrons. The van der Waals surface area contributed by atoms with Gasteiger partial charge >= 0.3 is 0 Å². The minimum absolute atomic E-state index is 0.196. The predicted molar refractivity (Wildman–Crippen MR) is 73.5 cm³/mol. The molecular weight excluding hydrogens is 238 g/mol. The van der Waals surface area contributed by atoms with E-state index in [-0.39, 0.29) is 6.04 Å². The fraction of sp³-hybridized carbons (Fsp3) is 0.600. The van der Waals surface area contributed by atoms with E-state index in [1.54, 1.807) is 0 Å². The fourth-order valence-electron chi connectivity index (χ4n) is 3.31. The van der Waals surface area contributed by atoms with Gasteiger partial charge in [0.05, 0.1) is 6.04 Å². The summed E-state index contributed by atoms with van der Waals surface area (Å²) in [6.07, 6.45) is 2.54. The number of aromatic nitrogens is 1. The van der Waals surface area contributed by atoms with Crippen molar-refractivity contribution in [2.24, 2.45) is 5.92 Å². The normalized spacial score (nSPS) is 23.3. The van der Waals surface area contributed by atoms with Crippen LogP contribution in [0.1, 0.15) is 36.2 Å². The molecule has 2 aliphatic heterocycles. The SMILES string of the molecule is Cc1nccc2c1CN(C(=O)CC1CN(C)C1)C2C. The molecule has 0 aliphatic carbocycles. The highest BCUT2D eigenvalue weighted by molar-refractivity contribution is 5.78. The van der Waals surface area contributed by atoms with Crippen molar-refractivity contribution in [3.8, 4) is 0 Å². The van der Waals surface area contributed by atoms with Gasteiger partial charge < -0.3 is 9.80 Å². The molecule has 0 bridgehead atoms. The Morgan fingerprint density at radius 1 is 1.47 bits per heavy atom. The zero-order valence-electron chi connectivity index (χ0n) is 11.9. The van der Waals surface area contributed by atoms with Crippen molar-refractivity contribution < 1.29 is 4.79 Å². The number of hydrogen-bond acceptors (Lipinski definition) is 3. The van der Waals surface area contributed by atoms with E-state index in [0.29, 0.717) is 18.2 Å². The molecule has 4 heteroatoms. The van der Waals surface area contributed by atoms with Crippen LogP contribution < -0.4 is 0 Å². The quantitative estimate of drug-likeness (QED) is 0.812. The molecule has 1 amide bonds. The molecule has 1 aromatic heterocycles. The van der Waals surface area contributed by atoms with Crippen LogP contribution >= 0.6 is 0 Å². The third kappa shape index (κ3) is 2.14. The molecule has 1 atom stereocenters. The van der Waals surface area contributed by atoms with Gasteiger partial charge in [-0.1, -0.05) is 0 Å². The highest BCUT2D eigenvalue weighted by Crippen LogP contribution is 2.35. The zero-order valence-corrected chi connectivity index (χ0v) is 11.9. The summed E-state index contributed by atoms with van der Waals surface area (Å²) in [5.41, 5.74) is 3.57. The second-order valence-electron chi connectivity index (χ2n) is 5.95. The van der Waals surface area contributed by atoms with Crippen molar-refractivity contribution in [1.29, 1.82) is 0 Å². The first-order valence-electron chi connectivity index (χ1n) is 6.98. The average Bonchev–Trinajstić information content (AvgIpc) is 2.67. The molecule has 0 N–H and O–H groups in total. The summed E-state index contributed by atoms with van der Waals surface area (Å²) in [5.74, 6) is 0.842. The molecular formula is C15H21N3O. The van der Waals surface area contributed by atoms with E-state index < -0.39 is 0 Å². The molecule has 19 heavy (non-hydrogen) atoms. The first-order chi connectivity index (χ1) is 9.06. The van der Waals surface area contributed by atoms with Crippen molar-refractivity contribution in [3.63, 3.8) is 0 Å². The highest BCUT2D eigenvalue weighted by Gasteiger charge is 2.34. The van der Waals surface area contributed by atoms with Gasteiger partial charge in [-0.25, -0.2) is 0 Å². The highest BCUT2D eigenvalue weighted by atomic mass is 16.2. The van der Waals surface area contributed by atoms with Crippen LogP contribution in [-0.4, -0.2) is 40.8 Å². The van der Waals surface area contributed by atoms with Crippen molar-refractivity contribution in [2.75, 3.05) is 20.1 Å². The van der Waals surface area contributed by atoms with Crippen molar-refractivity contribution in [2.45, 2.75) is 32.9 Å². The van der Waals surface area contributed by atoms with E-state index in [0.717, 1.165) is 25.3 Å². The molecule has 3 rings (SSSR count). The van der Waals surface area contributed by atoms with Crippen LogP contribution in [-0.2, 0) is 11.3 Å². The number of pyridine rings is 1. The maximum Gasteiger partial charge on any atom is 0.223 e. The molecule has 0 saturated carbocycles. The van der Waals surface area contributed by atoms with E-state index >= 15 is 0 Å². The Hall–Kier alpha value is -1.42. The van der Waals surface area contributed by atoms with Gasteiger partial charge in [0, 0.05) is 37.9 Å². The smallest absolute Gasteiger partial charge is 0.223 e. The van der Waals surface area contributed by atoms with Crippen molar-refractivity contribution >= 4 is 5.91 Å². The lowest BCUT2D eigenvalue weighted by atomic mass is 9.96. The summed E-state index contributed by atoms with van der Waals surface area (Å²) < 4.78 is 0. The van der Waals surface area contributed by atoms with Crippen LogP contribution in [0.5, 0.6) is 0 Å².